The molecular weight excluding hydrogens is 406 g/mol. The summed E-state index contributed by atoms with van der Waals surface area (Å²) in [5.41, 5.74) is 5.47. The molecule has 14 heteroatoms. The Kier molecular flexibility index (Phi) is 6.10. The van der Waals surface area contributed by atoms with E-state index in [2.05, 4.69) is 20.3 Å². The predicted octanol–water partition coefficient (Wildman–Crippen LogP) is -0.327. The molecule has 2 rings (SSSR count). The van der Waals surface area contributed by atoms with Crippen LogP contribution in [0.3, 0.4) is 0 Å². The number of thiazole rings is 1. The maximum Gasteiger partial charge on any atom is 0.363 e. The molecule has 26 heavy (non-hydrogen) atoms. The first-order valence-electron chi connectivity index (χ1n) is 7.15. The zero-order chi connectivity index (χ0) is 19.6. The number of nitrogens with one attached hydrogen (secondary N) is 1. The molecule has 144 valence electrons. The maximum absolute atomic E-state index is 12.5. The number of oxime groups is 1. The molecule has 1 fully saturated rings. The number of nitrogens with zero attached hydrogens (tertiary/aromatic N) is 3. The highest BCUT2D eigenvalue weighted by molar-refractivity contribution is 8.01. The third-order valence-corrected chi connectivity index (χ3v) is 6.13. The molecule has 0 bridgehead atoms. The van der Waals surface area contributed by atoms with Crippen LogP contribution in [-0.4, -0.2) is 63.6 Å². The van der Waals surface area contributed by atoms with Gasteiger partial charge in [0.05, 0.1) is 0 Å². The molecule has 1 aromatic heterocycles. The van der Waals surface area contributed by atoms with Crippen molar-refractivity contribution in [2.75, 3.05) is 12.8 Å². The first-order chi connectivity index (χ1) is 12.1. The van der Waals surface area contributed by atoms with E-state index in [1.54, 1.807) is 13.8 Å². The second kappa shape index (κ2) is 7.77. The third kappa shape index (κ3) is 4.25. The molecule has 2 heterocycles. The van der Waals surface area contributed by atoms with Crippen LogP contribution >= 0.6 is 23.1 Å². The smallest absolute Gasteiger partial charge is 0.363 e. The van der Waals surface area contributed by atoms with Crippen LogP contribution in [0.1, 0.15) is 19.5 Å². The second-order valence-corrected chi connectivity index (χ2v) is 9.21. The number of β-lactam (4-membered cyclic amide) rings is 1. The Balaban J connectivity index is 2.23. The molecule has 1 aliphatic heterocycles. The quantitative estimate of drug-likeness (QED) is 0.230. The molecule has 1 aliphatic rings. The van der Waals surface area contributed by atoms with E-state index in [-0.39, 0.29) is 21.8 Å². The van der Waals surface area contributed by atoms with Gasteiger partial charge in [-0.3, -0.25) is 14.1 Å². The van der Waals surface area contributed by atoms with Crippen molar-refractivity contribution in [1.29, 1.82) is 0 Å². The largest absolute Gasteiger partial charge is 0.398 e. The van der Waals surface area contributed by atoms with Gasteiger partial charge in [0.15, 0.2) is 10.8 Å². The van der Waals surface area contributed by atoms with Crippen molar-refractivity contribution in [2.24, 2.45) is 5.16 Å². The van der Waals surface area contributed by atoms with Crippen LogP contribution in [0.5, 0.6) is 0 Å². The summed E-state index contributed by atoms with van der Waals surface area (Å²) in [6.45, 7) is 3.56. The van der Waals surface area contributed by atoms with E-state index in [0.717, 1.165) is 23.1 Å². The standard InChI is InChI=1S/C12H17N5O6S3/c1-5(2)25-11-8(10(19)17(11)26(20,21)22)15-9(18)7(16-23-3)6-4-24-12(13)14-6/h4-5,8,11H,1-3H3,(H2,13,14)(H,15,18)(H,20,21,22)/b16-7+. The summed E-state index contributed by atoms with van der Waals surface area (Å²) < 4.78 is 32.3. The van der Waals surface area contributed by atoms with Crippen LogP contribution < -0.4 is 11.1 Å². The zero-order valence-electron chi connectivity index (χ0n) is 13.9. The van der Waals surface area contributed by atoms with Crippen LogP contribution in [0.15, 0.2) is 10.5 Å². The van der Waals surface area contributed by atoms with E-state index in [9.17, 15) is 22.6 Å². The van der Waals surface area contributed by atoms with E-state index in [1.165, 1.54) is 12.5 Å². The van der Waals surface area contributed by atoms with Gasteiger partial charge in [-0.1, -0.05) is 19.0 Å². The van der Waals surface area contributed by atoms with Gasteiger partial charge in [0.1, 0.15) is 24.2 Å². The van der Waals surface area contributed by atoms with Gasteiger partial charge >= 0.3 is 10.3 Å². The minimum Gasteiger partial charge on any atom is -0.398 e. The Morgan fingerprint density at radius 1 is 1.58 bits per heavy atom. The first-order valence-corrected chi connectivity index (χ1v) is 10.4. The van der Waals surface area contributed by atoms with E-state index in [0.29, 0.717) is 4.31 Å². The number of nitrogen functional groups attached to an aromatic ring is 1. The Morgan fingerprint density at radius 2 is 2.23 bits per heavy atom. The van der Waals surface area contributed by atoms with Crippen molar-refractivity contribution in [3.05, 3.63) is 11.1 Å². The van der Waals surface area contributed by atoms with Gasteiger partial charge in [0.2, 0.25) is 0 Å². The van der Waals surface area contributed by atoms with Gasteiger partial charge in [-0.15, -0.1) is 23.1 Å². The summed E-state index contributed by atoms with van der Waals surface area (Å²) in [7, 11) is -3.50. The van der Waals surface area contributed by atoms with Crippen molar-refractivity contribution < 1.29 is 27.4 Å². The second-order valence-electron chi connectivity index (χ2n) is 5.33. The molecule has 1 aromatic rings. The Bertz CT molecular complexity index is 836. The van der Waals surface area contributed by atoms with Crippen LogP contribution in [0.25, 0.3) is 0 Å². The van der Waals surface area contributed by atoms with Gasteiger partial charge < -0.3 is 15.9 Å². The van der Waals surface area contributed by atoms with Gasteiger partial charge in [-0.05, 0) is 0 Å². The highest BCUT2D eigenvalue weighted by atomic mass is 32.2. The van der Waals surface area contributed by atoms with Crippen molar-refractivity contribution in [1.82, 2.24) is 14.6 Å². The molecule has 0 aliphatic carbocycles. The molecule has 0 radical (unpaired) electrons. The van der Waals surface area contributed by atoms with Crippen LogP contribution in [0.2, 0.25) is 0 Å². The van der Waals surface area contributed by atoms with Gasteiger partial charge in [0.25, 0.3) is 11.8 Å². The molecule has 0 aromatic carbocycles. The summed E-state index contributed by atoms with van der Waals surface area (Å²) in [5.74, 6) is -1.74. The highest BCUT2D eigenvalue weighted by Crippen LogP contribution is 2.34. The monoisotopic (exact) mass is 423 g/mol. The summed E-state index contributed by atoms with van der Waals surface area (Å²) >= 11 is 2.19. The number of rotatable bonds is 7. The molecule has 1 saturated heterocycles. The lowest BCUT2D eigenvalue weighted by atomic mass is 10.1. The molecule has 4 N–H and O–H groups in total. The summed E-state index contributed by atoms with van der Waals surface area (Å²) in [6.07, 6.45) is 0. The Hall–Kier alpha value is -1.90. The van der Waals surface area contributed by atoms with E-state index in [4.69, 9.17) is 5.73 Å². The number of thioether (sulfide) groups is 1. The number of hydrogen-bond donors (Lipinski definition) is 3. The number of carbonyl (C=O) groups is 2. The van der Waals surface area contributed by atoms with Gasteiger partial charge in [0, 0.05) is 10.6 Å². The lowest BCUT2D eigenvalue weighted by Crippen LogP contribution is -2.71. The number of aromatic nitrogens is 1. The maximum atomic E-state index is 12.5. The van der Waals surface area contributed by atoms with Crippen LogP contribution in [0, 0.1) is 0 Å². The summed E-state index contributed by atoms with van der Waals surface area (Å²) in [4.78, 5) is 33.2. The molecule has 2 amide bonds. The first kappa shape index (κ1) is 20.4. The molecule has 2 unspecified atom stereocenters. The summed E-state index contributed by atoms with van der Waals surface area (Å²) in [6, 6.07) is -1.16. The fourth-order valence-corrected chi connectivity index (χ4v) is 4.99. The zero-order valence-corrected chi connectivity index (χ0v) is 16.4. The van der Waals surface area contributed by atoms with E-state index in [1.807, 2.05) is 0 Å². The van der Waals surface area contributed by atoms with Crippen LogP contribution in [0.4, 0.5) is 5.13 Å². The molecular formula is C12H17N5O6S3. The SMILES string of the molecule is CO/N=C(/C(=O)NC1C(=O)N(S(=O)(=O)O)C1SC(C)C)c1csc(N)n1. The van der Waals surface area contributed by atoms with E-state index < -0.39 is 33.5 Å². The topological polar surface area (TPSA) is 164 Å². The van der Waals surface area contributed by atoms with Crippen molar-refractivity contribution in [3.63, 3.8) is 0 Å². The minimum absolute atomic E-state index is 0.0674. The Morgan fingerprint density at radius 3 is 2.69 bits per heavy atom. The van der Waals surface area contributed by atoms with Crippen molar-refractivity contribution in [3.8, 4) is 0 Å². The molecule has 2 atom stereocenters. The fourth-order valence-electron chi connectivity index (χ4n) is 2.13. The fraction of sp³-hybridized carbons (Fsp3) is 0.500. The molecule has 11 nitrogen and oxygen atoms in total. The third-order valence-electron chi connectivity index (χ3n) is 3.11. The average Bonchev–Trinajstić information content (AvgIpc) is 2.94. The number of anilines is 1. The van der Waals surface area contributed by atoms with Gasteiger partial charge in [-0.2, -0.15) is 12.7 Å². The number of hydrogen-bond acceptors (Lipinski definition) is 10. The average molecular weight is 423 g/mol. The highest BCUT2D eigenvalue weighted by Gasteiger charge is 2.54. The lowest BCUT2D eigenvalue weighted by molar-refractivity contribution is -0.140. The normalized spacial score (nSPS) is 20.9. The van der Waals surface area contributed by atoms with Crippen LogP contribution in [-0.2, 0) is 24.7 Å². The van der Waals surface area contributed by atoms with E-state index >= 15 is 0 Å². The predicted molar refractivity (Wildman–Crippen MR) is 96.9 cm³/mol. The minimum atomic E-state index is -4.73. The lowest BCUT2D eigenvalue weighted by Gasteiger charge is -2.44. The molecule has 0 saturated carbocycles. The number of amides is 2. The van der Waals surface area contributed by atoms with Gasteiger partial charge in [-0.25, -0.2) is 4.98 Å². The summed E-state index contributed by atoms with van der Waals surface area (Å²) in [5, 5.41) is 6.64. The van der Waals surface area contributed by atoms with Crippen molar-refractivity contribution in [2.45, 2.75) is 30.5 Å². The number of nitrogens with two attached hydrogens (primary N) is 1. The molecule has 0 spiro atoms. The Labute approximate surface area is 157 Å². The van der Waals surface area contributed by atoms with Crippen molar-refractivity contribution >= 4 is 56.1 Å². The number of carbonyl (C=O) groups excluding carboxylic acids is 2.